The second kappa shape index (κ2) is 6.86. The molecule has 0 aliphatic carbocycles. The molecule has 0 aliphatic heterocycles. The fourth-order valence-corrected chi connectivity index (χ4v) is 1.73. The predicted octanol–water partition coefficient (Wildman–Crippen LogP) is 0.642. The molecule has 0 bridgehead atoms. The van der Waals surface area contributed by atoms with Crippen LogP contribution >= 0.6 is 0 Å². The van der Waals surface area contributed by atoms with Gasteiger partial charge in [0.05, 0.1) is 6.54 Å². The molecule has 0 heterocycles. The summed E-state index contributed by atoms with van der Waals surface area (Å²) in [6, 6.07) is 0. The molecule has 0 aromatic heterocycles. The number of nitrogens with one attached hydrogen (secondary N) is 1. The van der Waals surface area contributed by atoms with E-state index in [1.165, 1.54) is 0 Å². The first-order chi connectivity index (χ1) is 7.28. The predicted molar refractivity (Wildman–Crippen MR) is 68.5 cm³/mol. The number of hydrogen-bond acceptors (Lipinski definition) is 3. The van der Waals surface area contributed by atoms with Crippen LogP contribution in [-0.2, 0) is 4.79 Å². The van der Waals surface area contributed by atoms with Crippen molar-refractivity contribution in [3.05, 3.63) is 0 Å². The van der Waals surface area contributed by atoms with Gasteiger partial charge in [-0.1, -0.05) is 13.8 Å². The molecule has 1 amide bonds. The van der Waals surface area contributed by atoms with Gasteiger partial charge >= 0.3 is 0 Å². The van der Waals surface area contributed by atoms with Crippen molar-refractivity contribution in [1.82, 2.24) is 15.1 Å². The minimum atomic E-state index is 0.156. The Morgan fingerprint density at radius 3 is 2.25 bits per heavy atom. The SMILES string of the molecule is CCN(C)C(=O)CNCC(C)(C)CN(C)C. The normalized spacial score (nSPS) is 11.9. The van der Waals surface area contributed by atoms with Crippen molar-refractivity contribution in [2.75, 3.05) is 47.3 Å². The monoisotopic (exact) mass is 229 g/mol. The van der Waals surface area contributed by atoms with Gasteiger partial charge in [-0.25, -0.2) is 0 Å². The molecule has 0 fully saturated rings. The number of likely N-dealkylation sites (N-methyl/N-ethyl adjacent to an activating group) is 1. The lowest BCUT2D eigenvalue weighted by molar-refractivity contribution is -0.128. The molecule has 0 saturated heterocycles. The Labute approximate surface area is 100.0 Å². The Morgan fingerprint density at radius 1 is 1.25 bits per heavy atom. The lowest BCUT2D eigenvalue weighted by Crippen LogP contribution is -2.42. The van der Waals surface area contributed by atoms with Crippen LogP contribution in [0.15, 0.2) is 0 Å². The Balaban J connectivity index is 3.84. The van der Waals surface area contributed by atoms with Crippen molar-refractivity contribution in [1.29, 1.82) is 0 Å². The van der Waals surface area contributed by atoms with E-state index >= 15 is 0 Å². The lowest BCUT2D eigenvalue weighted by Gasteiger charge is -2.28. The number of carbonyl (C=O) groups is 1. The Morgan fingerprint density at radius 2 is 1.81 bits per heavy atom. The highest BCUT2D eigenvalue weighted by molar-refractivity contribution is 5.77. The molecule has 96 valence electrons. The zero-order valence-corrected chi connectivity index (χ0v) is 11.6. The van der Waals surface area contributed by atoms with E-state index in [0.29, 0.717) is 6.54 Å². The molecule has 0 aromatic carbocycles. The van der Waals surface area contributed by atoms with Gasteiger partial charge in [0.25, 0.3) is 0 Å². The molecule has 0 atom stereocenters. The van der Waals surface area contributed by atoms with E-state index in [-0.39, 0.29) is 11.3 Å². The maximum atomic E-state index is 11.5. The number of carbonyl (C=O) groups excluding carboxylic acids is 1. The summed E-state index contributed by atoms with van der Waals surface area (Å²) in [6.07, 6.45) is 0. The van der Waals surface area contributed by atoms with Gasteiger partial charge in [0.1, 0.15) is 0 Å². The van der Waals surface area contributed by atoms with E-state index < -0.39 is 0 Å². The lowest BCUT2D eigenvalue weighted by atomic mass is 9.93. The van der Waals surface area contributed by atoms with Crippen molar-refractivity contribution < 1.29 is 4.79 Å². The summed E-state index contributed by atoms with van der Waals surface area (Å²) in [5.41, 5.74) is 0.189. The number of hydrogen-bond donors (Lipinski definition) is 1. The highest BCUT2D eigenvalue weighted by Gasteiger charge is 2.18. The van der Waals surface area contributed by atoms with Crippen LogP contribution in [0.4, 0.5) is 0 Å². The smallest absolute Gasteiger partial charge is 0.236 e. The van der Waals surface area contributed by atoms with Gasteiger partial charge in [-0.3, -0.25) is 4.79 Å². The van der Waals surface area contributed by atoms with E-state index in [1.54, 1.807) is 4.90 Å². The second-order valence-electron chi connectivity index (χ2n) is 5.41. The van der Waals surface area contributed by atoms with Crippen LogP contribution in [-0.4, -0.2) is 63.0 Å². The second-order valence-corrected chi connectivity index (χ2v) is 5.41. The first kappa shape index (κ1) is 15.4. The topological polar surface area (TPSA) is 35.6 Å². The summed E-state index contributed by atoms with van der Waals surface area (Å²) in [4.78, 5) is 15.4. The highest BCUT2D eigenvalue weighted by Crippen LogP contribution is 2.13. The van der Waals surface area contributed by atoms with E-state index in [2.05, 4.69) is 38.2 Å². The average Bonchev–Trinajstić information content (AvgIpc) is 2.13. The summed E-state index contributed by atoms with van der Waals surface area (Å²) in [5, 5.41) is 3.23. The third-order valence-corrected chi connectivity index (χ3v) is 2.52. The van der Waals surface area contributed by atoms with Crippen molar-refractivity contribution in [3.63, 3.8) is 0 Å². The average molecular weight is 229 g/mol. The van der Waals surface area contributed by atoms with Crippen LogP contribution in [0, 0.1) is 5.41 Å². The molecule has 16 heavy (non-hydrogen) atoms. The zero-order valence-electron chi connectivity index (χ0n) is 11.6. The van der Waals surface area contributed by atoms with Crippen LogP contribution in [0.1, 0.15) is 20.8 Å². The molecule has 4 nitrogen and oxygen atoms in total. The molecule has 0 rings (SSSR count). The van der Waals surface area contributed by atoms with Crippen LogP contribution < -0.4 is 5.32 Å². The van der Waals surface area contributed by atoms with Crippen LogP contribution in [0.3, 0.4) is 0 Å². The van der Waals surface area contributed by atoms with Gasteiger partial charge in [0.15, 0.2) is 0 Å². The van der Waals surface area contributed by atoms with Crippen LogP contribution in [0.5, 0.6) is 0 Å². The first-order valence-electron chi connectivity index (χ1n) is 5.88. The standard InChI is InChI=1S/C12H27N3O/c1-7-15(6)11(16)8-13-9-12(2,3)10-14(4)5/h13H,7-10H2,1-6H3. The molecule has 0 aliphatic rings. The van der Waals surface area contributed by atoms with Crippen molar-refractivity contribution in [2.24, 2.45) is 5.41 Å². The van der Waals surface area contributed by atoms with Crippen molar-refractivity contribution in [3.8, 4) is 0 Å². The quantitative estimate of drug-likeness (QED) is 0.696. The van der Waals surface area contributed by atoms with Gasteiger partial charge in [-0.2, -0.15) is 0 Å². The van der Waals surface area contributed by atoms with E-state index in [9.17, 15) is 4.79 Å². The molecule has 0 unspecified atom stereocenters. The summed E-state index contributed by atoms with van der Waals surface area (Å²) < 4.78 is 0. The summed E-state index contributed by atoms with van der Waals surface area (Å²) >= 11 is 0. The maximum Gasteiger partial charge on any atom is 0.236 e. The van der Waals surface area contributed by atoms with Crippen LogP contribution in [0.25, 0.3) is 0 Å². The van der Waals surface area contributed by atoms with Crippen molar-refractivity contribution >= 4 is 5.91 Å². The first-order valence-corrected chi connectivity index (χ1v) is 5.88. The molecular weight excluding hydrogens is 202 g/mol. The zero-order chi connectivity index (χ0) is 12.8. The fourth-order valence-electron chi connectivity index (χ4n) is 1.73. The van der Waals surface area contributed by atoms with Gasteiger partial charge in [-0.05, 0) is 26.4 Å². The minimum Gasteiger partial charge on any atom is -0.345 e. The third-order valence-electron chi connectivity index (χ3n) is 2.52. The van der Waals surface area contributed by atoms with Gasteiger partial charge in [0.2, 0.25) is 5.91 Å². The molecule has 0 aromatic rings. The number of nitrogens with zero attached hydrogens (tertiary/aromatic N) is 2. The van der Waals surface area contributed by atoms with Gasteiger partial charge in [0, 0.05) is 26.7 Å². The molecular formula is C12H27N3O. The van der Waals surface area contributed by atoms with Crippen LogP contribution in [0.2, 0.25) is 0 Å². The molecule has 1 N–H and O–H groups in total. The number of amides is 1. The third kappa shape index (κ3) is 6.80. The van der Waals surface area contributed by atoms with E-state index in [4.69, 9.17) is 0 Å². The Hall–Kier alpha value is -0.610. The molecule has 0 radical (unpaired) electrons. The van der Waals surface area contributed by atoms with Crippen molar-refractivity contribution in [2.45, 2.75) is 20.8 Å². The van der Waals surface area contributed by atoms with E-state index in [1.807, 2.05) is 14.0 Å². The Bertz CT molecular complexity index is 214. The number of rotatable bonds is 7. The summed E-state index contributed by atoms with van der Waals surface area (Å²) in [5.74, 6) is 0.156. The molecule has 0 spiro atoms. The summed E-state index contributed by atoms with van der Waals surface area (Å²) in [7, 11) is 5.96. The highest BCUT2D eigenvalue weighted by atomic mass is 16.2. The largest absolute Gasteiger partial charge is 0.345 e. The van der Waals surface area contributed by atoms with Gasteiger partial charge in [-0.15, -0.1) is 0 Å². The van der Waals surface area contributed by atoms with E-state index in [0.717, 1.165) is 19.6 Å². The fraction of sp³-hybridized carbons (Fsp3) is 0.917. The molecule has 4 heteroatoms. The Kier molecular flexibility index (Phi) is 6.60. The summed E-state index contributed by atoms with van der Waals surface area (Å²) in [6.45, 7) is 9.45. The maximum absolute atomic E-state index is 11.5. The minimum absolute atomic E-state index is 0.156. The van der Waals surface area contributed by atoms with Gasteiger partial charge < -0.3 is 15.1 Å². The molecule has 0 saturated carbocycles.